The lowest BCUT2D eigenvalue weighted by Gasteiger charge is -2.27. The summed E-state index contributed by atoms with van der Waals surface area (Å²) in [6.07, 6.45) is 4.07. The molecular weight excluding hydrogens is 385 g/mol. The van der Waals surface area contributed by atoms with E-state index < -0.39 is 0 Å². The van der Waals surface area contributed by atoms with Gasteiger partial charge in [0.1, 0.15) is 28.7 Å². The predicted molar refractivity (Wildman–Crippen MR) is 114 cm³/mol. The smallest absolute Gasteiger partial charge is 0.235 e. The lowest BCUT2D eigenvalue weighted by atomic mass is 10.0. The fourth-order valence-electron chi connectivity index (χ4n) is 4.03. The van der Waals surface area contributed by atoms with Crippen molar-refractivity contribution in [1.29, 1.82) is 0 Å². The lowest BCUT2D eigenvalue weighted by molar-refractivity contribution is 0.218. The molecule has 1 aliphatic rings. The van der Waals surface area contributed by atoms with Gasteiger partial charge in [0.25, 0.3) is 0 Å². The minimum absolute atomic E-state index is 0.0748. The molecule has 30 heavy (non-hydrogen) atoms. The van der Waals surface area contributed by atoms with Crippen molar-refractivity contribution < 1.29 is 18.7 Å². The van der Waals surface area contributed by atoms with Crippen LogP contribution in [0.2, 0.25) is 0 Å². The molecule has 1 aliphatic heterocycles. The van der Waals surface area contributed by atoms with E-state index in [0.29, 0.717) is 46.6 Å². The molecule has 1 aromatic heterocycles. The first kappa shape index (κ1) is 20.4. The number of ether oxygens (including phenoxy) is 1. The number of aryl methyl sites for hydroxylation is 2. The Morgan fingerprint density at radius 2 is 1.87 bits per heavy atom. The summed E-state index contributed by atoms with van der Waals surface area (Å²) in [6.45, 7) is 6.07. The zero-order chi connectivity index (χ0) is 21.3. The minimum atomic E-state index is -0.380. The third-order valence-corrected chi connectivity index (χ3v) is 5.70. The molecule has 0 spiro atoms. The molecule has 0 amide bonds. The van der Waals surface area contributed by atoms with Gasteiger partial charge < -0.3 is 14.3 Å². The van der Waals surface area contributed by atoms with Crippen molar-refractivity contribution in [1.82, 2.24) is 4.90 Å². The predicted octanol–water partition coefficient (Wildman–Crippen LogP) is 5.29. The molecule has 6 heteroatoms. The van der Waals surface area contributed by atoms with E-state index in [1.807, 2.05) is 6.92 Å². The maximum Gasteiger partial charge on any atom is 0.235 e. The Kier molecular flexibility index (Phi) is 5.77. The van der Waals surface area contributed by atoms with E-state index in [9.17, 15) is 14.3 Å². The normalized spacial score (nSPS) is 14.9. The van der Waals surface area contributed by atoms with Crippen molar-refractivity contribution in [3.8, 4) is 17.2 Å². The van der Waals surface area contributed by atoms with Gasteiger partial charge in [-0.15, -0.1) is 0 Å². The third-order valence-electron chi connectivity index (χ3n) is 5.70. The molecular formula is C24H26FNO4. The summed E-state index contributed by atoms with van der Waals surface area (Å²) in [5.41, 5.74) is 1.47. The average molecular weight is 411 g/mol. The van der Waals surface area contributed by atoms with Gasteiger partial charge in [0, 0.05) is 6.54 Å². The highest BCUT2D eigenvalue weighted by atomic mass is 19.1. The molecule has 158 valence electrons. The Hall–Kier alpha value is -2.86. The van der Waals surface area contributed by atoms with Crippen molar-refractivity contribution in [3.05, 3.63) is 63.3 Å². The van der Waals surface area contributed by atoms with Crippen LogP contribution in [0.25, 0.3) is 11.0 Å². The quantitative estimate of drug-likeness (QED) is 0.618. The number of phenols is 1. The number of aromatic hydroxyl groups is 1. The molecule has 2 aromatic carbocycles. The van der Waals surface area contributed by atoms with Crippen LogP contribution in [0.4, 0.5) is 4.39 Å². The van der Waals surface area contributed by atoms with E-state index in [1.165, 1.54) is 30.7 Å². The largest absolute Gasteiger partial charge is 0.507 e. The molecule has 1 N–H and O–H groups in total. The van der Waals surface area contributed by atoms with E-state index in [4.69, 9.17) is 9.15 Å². The maximum absolute atomic E-state index is 13.3. The summed E-state index contributed by atoms with van der Waals surface area (Å²) >= 11 is 0. The molecule has 0 radical (unpaired) electrons. The highest BCUT2D eigenvalue weighted by Gasteiger charge is 2.23. The summed E-state index contributed by atoms with van der Waals surface area (Å²) in [5, 5.41) is 11.3. The summed E-state index contributed by atoms with van der Waals surface area (Å²) in [5.74, 6) is 0.570. The molecule has 0 saturated carbocycles. The molecule has 0 atom stereocenters. The summed E-state index contributed by atoms with van der Waals surface area (Å²) < 4.78 is 25.0. The van der Waals surface area contributed by atoms with Crippen LogP contribution in [0.1, 0.15) is 43.1 Å². The molecule has 1 fully saturated rings. The highest BCUT2D eigenvalue weighted by molar-refractivity contribution is 5.85. The van der Waals surface area contributed by atoms with Gasteiger partial charge in [0.05, 0.1) is 10.9 Å². The van der Waals surface area contributed by atoms with Gasteiger partial charge in [0.15, 0.2) is 0 Å². The molecule has 0 bridgehead atoms. The molecule has 0 unspecified atom stereocenters. The van der Waals surface area contributed by atoms with Crippen LogP contribution in [0.15, 0.2) is 39.5 Å². The Bertz CT molecular complexity index is 1110. The summed E-state index contributed by atoms with van der Waals surface area (Å²) in [4.78, 5) is 15.6. The zero-order valence-electron chi connectivity index (χ0n) is 17.3. The number of rotatable bonds is 5. The fraction of sp³-hybridized carbons (Fsp3) is 0.375. The topological polar surface area (TPSA) is 62.9 Å². The fourth-order valence-corrected chi connectivity index (χ4v) is 4.03. The minimum Gasteiger partial charge on any atom is -0.507 e. The van der Waals surface area contributed by atoms with Crippen LogP contribution in [-0.2, 0) is 13.0 Å². The number of hydrogen-bond donors (Lipinski definition) is 1. The third kappa shape index (κ3) is 3.92. The van der Waals surface area contributed by atoms with Crippen LogP contribution in [0, 0.1) is 12.7 Å². The van der Waals surface area contributed by atoms with Crippen LogP contribution >= 0.6 is 0 Å². The van der Waals surface area contributed by atoms with Crippen molar-refractivity contribution in [2.24, 2.45) is 0 Å². The number of piperidine rings is 1. The summed E-state index contributed by atoms with van der Waals surface area (Å²) in [7, 11) is 0. The van der Waals surface area contributed by atoms with Crippen LogP contribution < -0.4 is 10.2 Å². The lowest BCUT2D eigenvalue weighted by Crippen LogP contribution is -2.29. The van der Waals surface area contributed by atoms with Gasteiger partial charge >= 0.3 is 0 Å². The van der Waals surface area contributed by atoms with Gasteiger partial charge in [-0.2, -0.15) is 0 Å². The van der Waals surface area contributed by atoms with Gasteiger partial charge in [0.2, 0.25) is 11.2 Å². The number of benzene rings is 2. The highest BCUT2D eigenvalue weighted by Crippen LogP contribution is 2.35. The second-order valence-electron chi connectivity index (χ2n) is 7.80. The van der Waals surface area contributed by atoms with Crippen LogP contribution in [-0.4, -0.2) is 23.1 Å². The summed E-state index contributed by atoms with van der Waals surface area (Å²) in [6, 6.07) is 7.17. The molecule has 0 aliphatic carbocycles. The van der Waals surface area contributed by atoms with Crippen molar-refractivity contribution >= 4 is 11.0 Å². The number of phenolic OH excluding ortho intramolecular Hbond substituents is 1. The van der Waals surface area contributed by atoms with E-state index in [2.05, 4.69) is 4.90 Å². The van der Waals surface area contributed by atoms with Crippen molar-refractivity contribution in [2.45, 2.75) is 46.1 Å². The zero-order valence-corrected chi connectivity index (χ0v) is 17.3. The Morgan fingerprint density at radius 1 is 1.17 bits per heavy atom. The molecule has 3 aromatic rings. The first-order chi connectivity index (χ1) is 14.5. The Balaban J connectivity index is 1.83. The molecule has 5 nitrogen and oxygen atoms in total. The number of halogens is 1. The average Bonchev–Trinajstić information content (AvgIpc) is 2.75. The van der Waals surface area contributed by atoms with Crippen LogP contribution in [0.3, 0.4) is 0 Å². The second-order valence-corrected chi connectivity index (χ2v) is 7.80. The van der Waals surface area contributed by atoms with E-state index in [-0.39, 0.29) is 22.7 Å². The van der Waals surface area contributed by atoms with Gasteiger partial charge in [-0.25, -0.2) is 4.39 Å². The maximum atomic E-state index is 13.3. The monoisotopic (exact) mass is 411 g/mol. The SMILES string of the molecule is CCc1cc2c(=O)c(Oc3ccc(F)cc3)c(C)oc2c(CN2CCCCC2)c1O. The molecule has 4 rings (SSSR count). The van der Waals surface area contributed by atoms with Gasteiger partial charge in [-0.05, 0) is 75.2 Å². The van der Waals surface area contributed by atoms with E-state index >= 15 is 0 Å². The van der Waals surface area contributed by atoms with Crippen LogP contribution in [0.5, 0.6) is 17.2 Å². The van der Waals surface area contributed by atoms with E-state index in [1.54, 1.807) is 13.0 Å². The standard InChI is InChI=1S/C24H26FNO4/c1-3-16-13-19-22(28)23(30-18-9-7-17(25)8-10-18)15(2)29-24(19)20(21(16)27)14-26-11-5-4-6-12-26/h7-10,13,27H,3-6,11-12,14H2,1-2H3. The van der Waals surface area contributed by atoms with Crippen molar-refractivity contribution in [2.75, 3.05) is 13.1 Å². The number of likely N-dealkylation sites (tertiary alicyclic amines) is 1. The first-order valence-electron chi connectivity index (χ1n) is 10.4. The van der Waals surface area contributed by atoms with Gasteiger partial charge in [-0.3, -0.25) is 9.69 Å². The van der Waals surface area contributed by atoms with Crippen molar-refractivity contribution in [3.63, 3.8) is 0 Å². The number of nitrogens with zero attached hydrogens (tertiary/aromatic N) is 1. The second kappa shape index (κ2) is 8.48. The molecule has 2 heterocycles. The van der Waals surface area contributed by atoms with E-state index in [0.717, 1.165) is 25.9 Å². The Morgan fingerprint density at radius 3 is 2.53 bits per heavy atom. The first-order valence-corrected chi connectivity index (χ1v) is 10.4. The number of fused-ring (bicyclic) bond motifs is 1. The molecule has 1 saturated heterocycles. The number of hydrogen-bond acceptors (Lipinski definition) is 5. The Labute approximate surface area is 174 Å². The van der Waals surface area contributed by atoms with Gasteiger partial charge in [-0.1, -0.05) is 13.3 Å².